The van der Waals surface area contributed by atoms with Gasteiger partial charge in [0.1, 0.15) is 0 Å². The van der Waals surface area contributed by atoms with E-state index < -0.39 is 12.0 Å². The molecule has 2 rings (SSSR count). The van der Waals surface area contributed by atoms with E-state index in [0.717, 1.165) is 10.2 Å². The van der Waals surface area contributed by atoms with Gasteiger partial charge in [-0.25, -0.2) is 9.97 Å². The number of aromatic nitrogens is 2. The van der Waals surface area contributed by atoms with E-state index in [2.05, 4.69) is 31.2 Å². The highest BCUT2D eigenvalue weighted by atomic mass is 79.9. The summed E-state index contributed by atoms with van der Waals surface area (Å²) in [7, 11) is 0. The Kier molecular flexibility index (Phi) is 4.65. The van der Waals surface area contributed by atoms with Crippen LogP contribution in [0, 0.1) is 0 Å². The molecule has 7 heteroatoms. The Morgan fingerprint density at radius 3 is 2.45 bits per heavy atom. The zero-order chi connectivity index (χ0) is 14.5. The van der Waals surface area contributed by atoms with E-state index in [1.54, 1.807) is 0 Å². The molecule has 0 fully saturated rings. The van der Waals surface area contributed by atoms with Gasteiger partial charge in [-0.2, -0.15) is 0 Å². The van der Waals surface area contributed by atoms with Crippen LogP contribution in [-0.4, -0.2) is 21.0 Å². The van der Waals surface area contributed by atoms with Crippen molar-refractivity contribution in [1.29, 1.82) is 0 Å². The topological polar surface area (TPSA) is 101 Å². The van der Waals surface area contributed by atoms with Crippen LogP contribution in [0.5, 0.6) is 0 Å². The third kappa shape index (κ3) is 4.01. The van der Waals surface area contributed by atoms with Crippen LogP contribution in [0.2, 0.25) is 0 Å². The SMILES string of the molecule is NC(CC(=O)O)c1cnc(Nc2ccc(Br)cc2)nc1. The zero-order valence-corrected chi connectivity index (χ0v) is 12.0. The highest BCUT2D eigenvalue weighted by Crippen LogP contribution is 2.18. The second-order valence-electron chi connectivity index (χ2n) is 4.18. The van der Waals surface area contributed by atoms with E-state index in [1.165, 1.54) is 12.4 Å². The maximum Gasteiger partial charge on any atom is 0.305 e. The van der Waals surface area contributed by atoms with Crippen molar-refractivity contribution in [3.05, 3.63) is 46.7 Å². The molecule has 0 aliphatic heterocycles. The number of rotatable bonds is 5. The maximum absolute atomic E-state index is 10.6. The maximum atomic E-state index is 10.6. The molecule has 104 valence electrons. The Labute approximate surface area is 124 Å². The summed E-state index contributed by atoms with van der Waals surface area (Å²) < 4.78 is 0.985. The molecular formula is C13H13BrN4O2. The fraction of sp³-hybridized carbons (Fsp3) is 0.154. The Hall–Kier alpha value is -1.99. The lowest BCUT2D eigenvalue weighted by atomic mass is 10.1. The first-order valence-electron chi connectivity index (χ1n) is 5.86. The van der Waals surface area contributed by atoms with Gasteiger partial charge in [0.25, 0.3) is 0 Å². The molecule has 1 unspecified atom stereocenters. The van der Waals surface area contributed by atoms with Crippen LogP contribution < -0.4 is 11.1 Å². The van der Waals surface area contributed by atoms with E-state index in [4.69, 9.17) is 10.8 Å². The molecule has 0 saturated carbocycles. The van der Waals surface area contributed by atoms with Gasteiger partial charge in [0.15, 0.2) is 0 Å². The van der Waals surface area contributed by atoms with Gasteiger partial charge in [0.2, 0.25) is 5.95 Å². The molecule has 0 saturated heterocycles. The van der Waals surface area contributed by atoms with E-state index in [0.29, 0.717) is 11.5 Å². The number of anilines is 2. The highest BCUT2D eigenvalue weighted by molar-refractivity contribution is 9.10. The highest BCUT2D eigenvalue weighted by Gasteiger charge is 2.11. The number of aliphatic carboxylic acids is 1. The lowest BCUT2D eigenvalue weighted by molar-refractivity contribution is -0.137. The van der Waals surface area contributed by atoms with Crippen LogP contribution in [-0.2, 0) is 4.79 Å². The lowest BCUT2D eigenvalue weighted by Crippen LogP contribution is -2.15. The molecule has 0 bridgehead atoms. The number of benzene rings is 1. The van der Waals surface area contributed by atoms with Gasteiger partial charge in [-0.3, -0.25) is 4.79 Å². The van der Waals surface area contributed by atoms with E-state index in [9.17, 15) is 4.79 Å². The molecule has 0 amide bonds. The first-order valence-corrected chi connectivity index (χ1v) is 6.66. The molecule has 1 atom stereocenters. The number of hydrogen-bond donors (Lipinski definition) is 3. The number of carboxylic acids is 1. The first kappa shape index (κ1) is 14.4. The van der Waals surface area contributed by atoms with E-state index in [1.807, 2.05) is 24.3 Å². The number of halogens is 1. The average Bonchev–Trinajstić information content (AvgIpc) is 2.41. The summed E-state index contributed by atoms with van der Waals surface area (Å²) in [6, 6.07) is 6.97. The minimum Gasteiger partial charge on any atom is -0.481 e. The quantitative estimate of drug-likeness (QED) is 0.775. The lowest BCUT2D eigenvalue weighted by Gasteiger charge is -2.09. The molecule has 0 radical (unpaired) electrons. The molecule has 0 spiro atoms. The van der Waals surface area contributed by atoms with Gasteiger partial charge in [0.05, 0.1) is 6.42 Å². The molecule has 0 aliphatic carbocycles. The first-order chi connectivity index (χ1) is 9.54. The fourth-order valence-corrected chi connectivity index (χ4v) is 1.83. The molecule has 1 aromatic carbocycles. The molecule has 0 aliphatic rings. The van der Waals surface area contributed by atoms with Crippen LogP contribution in [0.25, 0.3) is 0 Å². The van der Waals surface area contributed by atoms with Gasteiger partial charge in [-0.15, -0.1) is 0 Å². The Bertz CT molecular complexity index is 586. The van der Waals surface area contributed by atoms with Crippen molar-refractivity contribution in [3.63, 3.8) is 0 Å². The Morgan fingerprint density at radius 1 is 1.30 bits per heavy atom. The smallest absolute Gasteiger partial charge is 0.305 e. The predicted molar refractivity (Wildman–Crippen MR) is 78.6 cm³/mol. The summed E-state index contributed by atoms with van der Waals surface area (Å²) in [6.07, 6.45) is 2.91. The van der Waals surface area contributed by atoms with Crippen LogP contribution >= 0.6 is 15.9 Å². The molecular weight excluding hydrogens is 324 g/mol. The summed E-state index contributed by atoms with van der Waals surface area (Å²) in [6.45, 7) is 0. The molecule has 6 nitrogen and oxygen atoms in total. The van der Waals surface area contributed by atoms with Crippen molar-refractivity contribution < 1.29 is 9.90 Å². The normalized spacial score (nSPS) is 11.9. The Morgan fingerprint density at radius 2 is 1.90 bits per heavy atom. The molecule has 1 heterocycles. The van der Waals surface area contributed by atoms with Crippen LogP contribution in [0.4, 0.5) is 11.6 Å². The monoisotopic (exact) mass is 336 g/mol. The Balaban J connectivity index is 2.04. The summed E-state index contributed by atoms with van der Waals surface area (Å²) in [5.41, 5.74) is 7.18. The largest absolute Gasteiger partial charge is 0.481 e. The van der Waals surface area contributed by atoms with Crippen molar-refractivity contribution in [1.82, 2.24) is 9.97 Å². The van der Waals surface area contributed by atoms with Crippen molar-refractivity contribution in [2.75, 3.05) is 5.32 Å². The van der Waals surface area contributed by atoms with Crippen LogP contribution in [0.1, 0.15) is 18.0 Å². The standard InChI is InChI=1S/C13H13BrN4O2/c14-9-1-3-10(4-2-9)18-13-16-6-8(7-17-13)11(15)5-12(19)20/h1-4,6-7,11H,5,15H2,(H,19,20)(H,16,17,18). The summed E-state index contributed by atoms with van der Waals surface area (Å²) >= 11 is 3.36. The average molecular weight is 337 g/mol. The minimum absolute atomic E-state index is 0.150. The number of carboxylic acid groups (broad SMARTS) is 1. The molecule has 1 aromatic heterocycles. The summed E-state index contributed by atoms with van der Waals surface area (Å²) in [4.78, 5) is 18.8. The second-order valence-corrected chi connectivity index (χ2v) is 5.09. The van der Waals surface area contributed by atoms with Gasteiger partial charge >= 0.3 is 5.97 Å². The van der Waals surface area contributed by atoms with Crippen LogP contribution in [0.15, 0.2) is 41.1 Å². The van der Waals surface area contributed by atoms with Crippen LogP contribution in [0.3, 0.4) is 0 Å². The van der Waals surface area contributed by atoms with Gasteiger partial charge in [-0.05, 0) is 24.3 Å². The van der Waals surface area contributed by atoms with Crippen molar-refractivity contribution >= 4 is 33.5 Å². The second kappa shape index (κ2) is 6.44. The van der Waals surface area contributed by atoms with Gasteiger partial charge in [-0.1, -0.05) is 15.9 Å². The van der Waals surface area contributed by atoms with Gasteiger partial charge < -0.3 is 16.2 Å². The zero-order valence-electron chi connectivity index (χ0n) is 10.5. The van der Waals surface area contributed by atoms with Gasteiger partial charge in [0, 0.05) is 34.2 Å². The fourth-order valence-electron chi connectivity index (χ4n) is 1.56. The van der Waals surface area contributed by atoms with Crippen molar-refractivity contribution in [2.24, 2.45) is 5.73 Å². The number of carbonyl (C=O) groups is 1. The van der Waals surface area contributed by atoms with Crippen molar-refractivity contribution in [3.8, 4) is 0 Å². The molecule has 2 aromatic rings. The third-order valence-corrected chi connectivity index (χ3v) is 3.12. The van der Waals surface area contributed by atoms with Crippen molar-refractivity contribution in [2.45, 2.75) is 12.5 Å². The number of nitrogens with zero attached hydrogens (tertiary/aromatic N) is 2. The minimum atomic E-state index is -0.949. The van der Waals surface area contributed by atoms with E-state index in [-0.39, 0.29) is 6.42 Å². The number of hydrogen-bond acceptors (Lipinski definition) is 5. The predicted octanol–water partition coefficient (Wildman–Crippen LogP) is 2.46. The third-order valence-electron chi connectivity index (χ3n) is 2.59. The number of nitrogens with two attached hydrogens (primary N) is 1. The molecule has 20 heavy (non-hydrogen) atoms. The summed E-state index contributed by atoms with van der Waals surface area (Å²) in [5, 5.41) is 11.7. The number of nitrogens with one attached hydrogen (secondary N) is 1. The van der Waals surface area contributed by atoms with E-state index >= 15 is 0 Å². The molecule has 4 N–H and O–H groups in total. The summed E-state index contributed by atoms with van der Waals surface area (Å²) in [5.74, 6) is -0.520.